The van der Waals surface area contributed by atoms with E-state index in [9.17, 15) is 22.8 Å². The van der Waals surface area contributed by atoms with Crippen LogP contribution in [-0.2, 0) is 25.1 Å². The van der Waals surface area contributed by atoms with E-state index < -0.39 is 41.1 Å². The van der Waals surface area contributed by atoms with Gasteiger partial charge in [0.05, 0.1) is 5.56 Å². The van der Waals surface area contributed by atoms with Crippen molar-refractivity contribution in [3.05, 3.63) is 59.4 Å². The van der Waals surface area contributed by atoms with Gasteiger partial charge in [-0.05, 0) is 51.8 Å². The molecule has 4 rings (SSSR count). The molecular formula is C23H22BF3O4. The Morgan fingerprint density at radius 3 is 1.84 bits per heavy atom. The summed E-state index contributed by atoms with van der Waals surface area (Å²) < 4.78 is 52.7. The highest BCUT2D eigenvalue weighted by Crippen LogP contribution is 2.59. The first-order chi connectivity index (χ1) is 14.2. The van der Waals surface area contributed by atoms with E-state index in [1.807, 2.05) is 6.92 Å². The highest BCUT2D eigenvalue weighted by Gasteiger charge is 2.80. The lowest BCUT2D eigenvalue weighted by Gasteiger charge is -2.29. The fourth-order valence-corrected chi connectivity index (χ4v) is 4.94. The summed E-state index contributed by atoms with van der Waals surface area (Å²) in [5, 5.41) is 0. The molecule has 2 heterocycles. The van der Waals surface area contributed by atoms with Crippen molar-refractivity contribution in [3.63, 3.8) is 0 Å². The van der Waals surface area contributed by atoms with Crippen molar-refractivity contribution in [2.24, 2.45) is 10.8 Å². The second kappa shape index (κ2) is 6.31. The third-order valence-electron chi connectivity index (χ3n) is 6.40. The van der Waals surface area contributed by atoms with Gasteiger partial charge in [0.15, 0.2) is 10.8 Å². The van der Waals surface area contributed by atoms with Gasteiger partial charge in [0.1, 0.15) is 0 Å². The molecule has 0 bridgehead atoms. The van der Waals surface area contributed by atoms with Crippen LogP contribution in [0.15, 0.2) is 42.5 Å². The highest BCUT2D eigenvalue weighted by atomic mass is 19.4. The second-order valence-corrected chi connectivity index (χ2v) is 9.39. The van der Waals surface area contributed by atoms with Gasteiger partial charge in [-0.1, -0.05) is 47.4 Å². The molecule has 0 atom stereocenters. The topological polar surface area (TPSA) is 52.6 Å². The largest absolute Gasteiger partial charge is 0.609 e. The van der Waals surface area contributed by atoms with Crippen LogP contribution >= 0.6 is 0 Å². The molecule has 0 N–H and O–H groups in total. The summed E-state index contributed by atoms with van der Waals surface area (Å²) >= 11 is 0. The fourth-order valence-electron chi connectivity index (χ4n) is 4.94. The molecule has 2 fully saturated rings. The second-order valence-electron chi connectivity index (χ2n) is 9.39. The molecule has 0 saturated carbocycles. The number of carbonyl (C=O) groups is 2. The fraction of sp³-hybridized carbons (Fsp3) is 0.348. The molecule has 0 spiro atoms. The standard InChI is InChI=1S/C23H22BF3O4/c1-13-6-8-14(9-7-13)15-10-16(23(25,26)27)12-17(11-15)24-18(21(2,3)19(28)30-24)22(4,5)20(29)31-24/h6-12H,1-5H3. The van der Waals surface area contributed by atoms with Gasteiger partial charge in [0.25, 0.3) is 0 Å². The summed E-state index contributed by atoms with van der Waals surface area (Å²) in [7, 11) is 0. The lowest BCUT2D eigenvalue weighted by atomic mass is 9.36. The third-order valence-corrected chi connectivity index (χ3v) is 6.40. The Bertz CT molecular complexity index is 1060. The molecule has 0 unspecified atom stereocenters. The summed E-state index contributed by atoms with van der Waals surface area (Å²) in [4.78, 5) is 25.4. The molecule has 0 radical (unpaired) electrons. The van der Waals surface area contributed by atoms with Gasteiger partial charge >= 0.3 is 24.7 Å². The summed E-state index contributed by atoms with van der Waals surface area (Å²) in [6.45, 7) is 5.42. The number of carbonyl (C=O) groups excluding carboxylic acids is 2. The number of hydrogen-bond donors (Lipinski definition) is 0. The number of benzene rings is 2. The van der Waals surface area contributed by atoms with E-state index in [1.54, 1.807) is 52.0 Å². The first kappa shape index (κ1) is 21.3. The molecule has 162 valence electrons. The molecule has 2 aliphatic heterocycles. The molecule has 31 heavy (non-hydrogen) atoms. The van der Waals surface area contributed by atoms with Gasteiger partial charge in [-0.2, -0.15) is 13.2 Å². The lowest BCUT2D eigenvalue weighted by Crippen LogP contribution is -2.55. The average molecular weight is 430 g/mol. The maximum Gasteiger partial charge on any atom is 0.589 e. The molecule has 0 amide bonds. The Morgan fingerprint density at radius 2 is 1.35 bits per heavy atom. The van der Waals surface area contributed by atoms with Crippen molar-refractivity contribution in [1.29, 1.82) is 0 Å². The molecule has 2 saturated heterocycles. The first-order valence-corrected chi connectivity index (χ1v) is 9.99. The van der Waals surface area contributed by atoms with Crippen LogP contribution in [0.5, 0.6) is 0 Å². The van der Waals surface area contributed by atoms with Crippen LogP contribution in [0.25, 0.3) is 11.1 Å². The Morgan fingerprint density at radius 1 is 0.839 bits per heavy atom. The third kappa shape index (κ3) is 3.03. The molecule has 2 aliphatic rings. The van der Waals surface area contributed by atoms with Crippen LogP contribution in [0.3, 0.4) is 0 Å². The minimum absolute atomic E-state index is 0.0262. The maximum atomic E-state index is 13.8. The van der Waals surface area contributed by atoms with Crippen LogP contribution in [-0.4, -0.2) is 18.5 Å². The van der Waals surface area contributed by atoms with Crippen molar-refractivity contribution < 1.29 is 32.1 Å². The minimum atomic E-state index is -4.64. The van der Waals surface area contributed by atoms with Gasteiger partial charge in [-0.25, -0.2) is 0 Å². The van der Waals surface area contributed by atoms with Crippen LogP contribution < -0.4 is 5.46 Å². The Balaban J connectivity index is 1.98. The van der Waals surface area contributed by atoms with Crippen molar-refractivity contribution in [2.75, 3.05) is 0 Å². The highest BCUT2D eigenvalue weighted by molar-refractivity contribution is 6.91. The van der Waals surface area contributed by atoms with E-state index >= 15 is 0 Å². The van der Waals surface area contributed by atoms with Crippen molar-refractivity contribution in [3.8, 4) is 11.1 Å². The zero-order chi connectivity index (χ0) is 23.0. The molecular weight excluding hydrogens is 408 g/mol. The van der Waals surface area contributed by atoms with E-state index in [0.717, 1.165) is 17.7 Å². The predicted molar refractivity (Wildman–Crippen MR) is 110 cm³/mol. The van der Waals surface area contributed by atoms with Crippen molar-refractivity contribution in [2.45, 2.75) is 40.8 Å². The number of aryl methyl sites for hydroxylation is 1. The van der Waals surface area contributed by atoms with E-state index in [0.29, 0.717) is 16.9 Å². The predicted octanol–water partition coefficient (Wildman–Crippen LogP) is 4.61. The van der Waals surface area contributed by atoms with E-state index in [2.05, 4.69) is 0 Å². The molecule has 0 aliphatic carbocycles. The zero-order valence-electron chi connectivity index (χ0n) is 17.9. The van der Waals surface area contributed by atoms with E-state index in [4.69, 9.17) is 9.31 Å². The van der Waals surface area contributed by atoms with Crippen molar-refractivity contribution >= 4 is 24.0 Å². The van der Waals surface area contributed by atoms with E-state index in [-0.39, 0.29) is 5.46 Å². The van der Waals surface area contributed by atoms with Gasteiger partial charge in [-0.15, -0.1) is 0 Å². The number of hydrogen-bond acceptors (Lipinski definition) is 4. The zero-order valence-corrected chi connectivity index (χ0v) is 17.9. The summed E-state index contributed by atoms with van der Waals surface area (Å²) in [5.74, 6) is -0.890. The van der Waals surface area contributed by atoms with Crippen LogP contribution in [0.1, 0.15) is 38.8 Å². The van der Waals surface area contributed by atoms with Crippen LogP contribution in [0, 0.1) is 23.6 Å². The molecule has 8 heteroatoms. The molecule has 2 aromatic rings. The Kier molecular flexibility index (Phi) is 4.34. The number of rotatable bonds is 2. The van der Waals surface area contributed by atoms with Crippen molar-refractivity contribution in [1.82, 2.24) is 0 Å². The molecule has 0 aromatic heterocycles. The number of fused-ring (bicyclic) bond motifs is 1. The lowest BCUT2D eigenvalue weighted by molar-refractivity contribution is -0.148. The van der Waals surface area contributed by atoms with Crippen LogP contribution in [0.4, 0.5) is 13.2 Å². The van der Waals surface area contributed by atoms with E-state index in [1.165, 1.54) is 6.07 Å². The average Bonchev–Trinajstić information content (AvgIpc) is 3.00. The molecule has 4 nitrogen and oxygen atoms in total. The monoisotopic (exact) mass is 430 g/mol. The number of halogens is 3. The van der Waals surface area contributed by atoms with Crippen LogP contribution in [0.2, 0.25) is 0 Å². The Labute approximate surface area is 178 Å². The molecule has 2 aromatic carbocycles. The van der Waals surface area contributed by atoms with Gasteiger partial charge in [-0.3, -0.25) is 9.59 Å². The summed E-state index contributed by atoms with van der Waals surface area (Å²) in [6.07, 6.45) is -4.64. The SMILES string of the molecule is Cc1ccc(-c2cc([B-]34OC(=O)C(C)(C)[C+]3C(C)(C)C(=O)O4)cc(C(F)(F)F)c2)cc1. The smallest absolute Gasteiger partial charge is 0.589 e. The normalized spacial score (nSPS) is 21.0. The maximum absolute atomic E-state index is 13.8. The van der Waals surface area contributed by atoms with Gasteiger partial charge in [0.2, 0.25) is 0 Å². The minimum Gasteiger partial charge on any atom is -0.609 e. The summed E-state index contributed by atoms with van der Waals surface area (Å²) in [6, 6.07) is 10.5. The Hall–Kier alpha value is -2.90. The quantitative estimate of drug-likeness (QED) is 0.516. The van der Waals surface area contributed by atoms with Gasteiger partial charge in [0, 0.05) is 5.82 Å². The first-order valence-electron chi connectivity index (χ1n) is 9.99. The number of alkyl halides is 3. The van der Waals surface area contributed by atoms with Gasteiger partial charge < -0.3 is 9.31 Å². The summed E-state index contributed by atoms with van der Waals surface area (Å²) in [5.41, 5.74) is -1.42.